The molecule has 2 bridgehead atoms. The van der Waals surface area contributed by atoms with Gasteiger partial charge in [-0.3, -0.25) is 0 Å². The van der Waals surface area contributed by atoms with Crippen molar-refractivity contribution >= 4 is 6.09 Å². The number of benzene rings is 2. The first kappa shape index (κ1) is 20.6. The van der Waals surface area contributed by atoms with Crippen LogP contribution in [0.3, 0.4) is 0 Å². The lowest BCUT2D eigenvalue weighted by Gasteiger charge is -2.51. The number of hydrogen-bond acceptors (Lipinski definition) is 4. The van der Waals surface area contributed by atoms with Crippen molar-refractivity contribution in [3.63, 3.8) is 0 Å². The second kappa shape index (κ2) is 8.22. The van der Waals surface area contributed by atoms with Gasteiger partial charge in [-0.1, -0.05) is 30.3 Å². The zero-order valence-electron chi connectivity index (χ0n) is 16.8. The van der Waals surface area contributed by atoms with Gasteiger partial charge >= 0.3 is 6.09 Å². The van der Waals surface area contributed by atoms with E-state index in [-0.39, 0.29) is 42.8 Å². The van der Waals surface area contributed by atoms with Crippen molar-refractivity contribution in [3.8, 4) is 5.75 Å². The monoisotopic (exact) mass is 417 g/mol. The Hall–Kier alpha value is -2.67. The van der Waals surface area contributed by atoms with Crippen molar-refractivity contribution in [1.29, 1.82) is 0 Å². The molecule has 7 heteroatoms. The summed E-state index contributed by atoms with van der Waals surface area (Å²) in [4.78, 5) is 14.5. The molecular formula is C23H25F2NO4. The second-order valence-electron chi connectivity index (χ2n) is 8.09. The van der Waals surface area contributed by atoms with Gasteiger partial charge in [-0.2, -0.15) is 0 Å². The van der Waals surface area contributed by atoms with E-state index < -0.39 is 23.3 Å². The van der Waals surface area contributed by atoms with Crippen LogP contribution in [-0.2, 0) is 16.9 Å². The Labute approximate surface area is 174 Å². The molecule has 2 saturated heterocycles. The van der Waals surface area contributed by atoms with Gasteiger partial charge in [0.1, 0.15) is 12.4 Å². The van der Waals surface area contributed by atoms with Crippen molar-refractivity contribution in [2.75, 3.05) is 7.11 Å². The van der Waals surface area contributed by atoms with E-state index in [9.17, 15) is 18.7 Å². The average molecular weight is 417 g/mol. The smallest absolute Gasteiger partial charge is 0.410 e. The molecule has 0 aromatic heterocycles. The first-order chi connectivity index (χ1) is 14.4. The molecule has 160 valence electrons. The molecule has 2 aliphatic rings. The number of halogens is 2. The minimum atomic E-state index is -1.49. The number of aliphatic hydroxyl groups is 1. The lowest BCUT2D eigenvalue weighted by atomic mass is 9.72. The zero-order chi connectivity index (χ0) is 21.3. The van der Waals surface area contributed by atoms with Crippen molar-refractivity contribution < 1.29 is 28.2 Å². The number of amides is 1. The summed E-state index contributed by atoms with van der Waals surface area (Å²) in [6, 6.07) is 10.7. The molecule has 5 nitrogen and oxygen atoms in total. The summed E-state index contributed by atoms with van der Waals surface area (Å²) < 4.78 is 38.8. The Morgan fingerprint density at radius 1 is 1.17 bits per heavy atom. The van der Waals surface area contributed by atoms with Crippen molar-refractivity contribution in [2.24, 2.45) is 0 Å². The van der Waals surface area contributed by atoms with Crippen LogP contribution in [0.1, 0.15) is 43.2 Å². The fraction of sp³-hybridized carbons (Fsp3) is 0.435. The second-order valence-corrected chi connectivity index (χ2v) is 8.09. The largest absolute Gasteiger partial charge is 0.493 e. The molecule has 0 saturated carbocycles. The molecule has 2 aromatic carbocycles. The summed E-state index contributed by atoms with van der Waals surface area (Å²) in [5.41, 5.74) is -0.499. The van der Waals surface area contributed by atoms with Crippen LogP contribution in [0.4, 0.5) is 13.6 Å². The summed E-state index contributed by atoms with van der Waals surface area (Å²) in [6.07, 6.45) is 2.22. The summed E-state index contributed by atoms with van der Waals surface area (Å²) >= 11 is 0. The number of hydrogen-bond donors (Lipinski definition) is 1. The van der Waals surface area contributed by atoms with Gasteiger partial charge in [0.15, 0.2) is 11.6 Å². The van der Waals surface area contributed by atoms with E-state index in [2.05, 4.69) is 0 Å². The Morgan fingerprint density at radius 2 is 1.83 bits per heavy atom. The zero-order valence-corrected chi connectivity index (χ0v) is 16.8. The highest BCUT2D eigenvalue weighted by atomic mass is 19.1. The standard InChI is InChI=1S/C23H25F2NO4/c1-29-21-19(10-16(24)11-20(21)25)23(28)12-17-8-5-9-18(13-23)26(17)22(27)30-14-15-6-3-2-4-7-15/h2-4,6-7,10-11,17-18,28H,5,8-9,12-14H2,1H3. The van der Waals surface area contributed by atoms with Gasteiger partial charge in [-0.05, 0) is 30.9 Å². The molecule has 2 unspecified atom stereocenters. The minimum absolute atomic E-state index is 0.0942. The molecule has 2 fully saturated rings. The van der Waals surface area contributed by atoms with E-state index in [1.807, 2.05) is 30.3 Å². The minimum Gasteiger partial charge on any atom is -0.493 e. The number of piperidine rings is 2. The number of methoxy groups -OCH3 is 1. The number of carbonyl (C=O) groups excluding carboxylic acids is 1. The highest BCUT2D eigenvalue weighted by molar-refractivity contribution is 5.69. The molecule has 2 aliphatic heterocycles. The molecule has 2 heterocycles. The topological polar surface area (TPSA) is 59.0 Å². The number of carbonyl (C=O) groups is 1. The van der Waals surface area contributed by atoms with Gasteiger partial charge in [0.2, 0.25) is 0 Å². The van der Waals surface area contributed by atoms with Crippen LogP contribution in [0.15, 0.2) is 42.5 Å². The summed E-state index contributed by atoms with van der Waals surface area (Å²) in [5, 5.41) is 11.4. The maximum atomic E-state index is 14.2. The van der Waals surface area contributed by atoms with Gasteiger partial charge in [-0.25, -0.2) is 13.6 Å². The van der Waals surface area contributed by atoms with Crippen LogP contribution >= 0.6 is 0 Å². The maximum absolute atomic E-state index is 14.2. The average Bonchev–Trinajstić information content (AvgIpc) is 2.71. The van der Waals surface area contributed by atoms with Crippen LogP contribution in [0, 0.1) is 11.6 Å². The predicted octanol–water partition coefficient (Wildman–Crippen LogP) is 4.51. The summed E-state index contributed by atoms with van der Waals surface area (Å²) in [7, 11) is 1.29. The SMILES string of the molecule is COc1c(F)cc(F)cc1C1(O)CC2CCCC(C1)N2C(=O)OCc1ccccc1. The van der Waals surface area contributed by atoms with E-state index in [4.69, 9.17) is 9.47 Å². The van der Waals surface area contributed by atoms with E-state index >= 15 is 0 Å². The first-order valence-corrected chi connectivity index (χ1v) is 10.2. The van der Waals surface area contributed by atoms with Gasteiger partial charge in [0.05, 0.1) is 12.7 Å². The summed E-state index contributed by atoms with van der Waals surface area (Å²) in [6.45, 7) is 0.169. The van der Waals surface area contributed by atoms with Gasteiger partial charge < -0.3 is 19.5 Å². The Kier molecular flexibility index (Phi) is 5.64. The van der Waals surface area contributed by atoms with Crippen LogP contribution < -0.4 is 4.74 Å². The van der Waals surface area contributed by atoms with E-state index in [1.54, 1.807) is 4.90 Å². The Bertz CT molecular complexity index is 907. The lowest BCUT2D eigenvalue weighted by molar-refractivity contribution is -0.0907. The Morgan fingerprint density at radius 3 is 2.47 bits per heavy atom. The first-order valence-electron chi connectivity index (χ1n) is 10.2. The van der Waals surface area contributed by atoms with Gasteiger partial charge in [0, 0.05) is 36.6 Å². The molecule has 4 rings (SSSR count). The summed E-state index contributed by atoms with van der Waals surface area (Å²) in [5.74, 6) is -1.78. The highest BCUT2D eigenvalue weighted by Gasteiger charge is 2.50. The molecule has 2 aromatic rings. The Balaban J connectivity index is 1.56. The molecule has 0 aliphatic carbocycles. The van der Waals surface area contributed by atoms with Crippen molar-refractivity contribution in [1.82, 2.24) is 4.90 Å². The fourth-order valence-electron chi connectivity index (χ4n) is 4.85. The molecule has 30 heavy (non-hydrogen) atoms. The molecule has 1 amide bonds. The van der Waals surface area contributed by atoms with Crippen molar-refractivity contribution in [3.05, 3.63) is 65.2 Å². The molecular weight excluding hydrogens is 392 g/mol. The number of nitrogens with zero attached hydrogens (tertiary/aromatic N) is 1. The predicted molar refractivity (Wildman–Crippen MR) is 106 cm³/mol. The number of rotatable bonds is 4. The van der Waals surface area contributed by atoms with Crippen LogP contribution in [0.25, 0.3) is 0 Å². The molecule has 0 spiro atoms. The number of ether oxygens (including phenoxy) is 2. The van der Waals surface area contributed by atoms with Crippen molar-refractivity contribution in [2.45, 2.75) is 56.4 Å². The third kappa shape index (κ3) is 3.86. The van der Waals surface area contributed by atoms with Crippen LogP contribution in [0.2, 0.25) is 0 Å². The third-order valence-electron chi connectivity index (χ3n) is 6.14. The molecule has 2 atom stereocenters. The quantitative estimate of drug-likeness (QED) is 0.795. The van der Waals surface area contributed by atoms with E-state index in [0.29, 0.717) is 12.8 Å². The van der Waals surface area contributed by atoms with Crippen LogP contribution in [-0.4, -0.2) is 35.3 Å². The van der Waals surface area contributed by atoms with Gasteiger partial charge in [-0.15, -0.1) is 0 Å². The fourth-order valence-corrected chi connectivity index (χ4v) is 4.85. The molecule has 0 radical (unpaired) electrons. The normalized spacial score (nSPS) is 25.7. The molecule has 1 N–H and O–H groups in total. The van der Waals surface area contributed by atoms with E-state index in [0.717, 1.165) is 24.1 Å². The highest BCUT2D eigenvalue weighted by Crippen LogP contribution is 2.47. The van der Waals surface area contributed by atoms with E-state index in [1.165, 1.54) is 7.11 Å². The van der Waals surface area contributed by atoms with Crippen LogP contribution in [0.5, 0.6) is 5.75 Å². The lowest BCUT2D eigenvalue weighted by Crippen LogP contribution is -2.59. The maximum Gasteiger partial charge on any atom is 0.410 e. The van der Waals surface area contributed by atoms with Gasteiger partial charge in [0.25, 0.3) is 0 Å². The number of fused-ring (bicyclic) bond motifs is 2. The third-order valence-corrected chi connectivity index (χ3v) is 6.14.